The van der Waals surface area contributed by atoms with Crippen molar-refractivity contribution < 1.29 is 40.4 Å². The second-order valence-electron chi connectivity index (χ2n) is 2.18. The van der Waals surface area contributed by atoms with Crippen LogP contribution in [-0.4, -0.2) is 11.5 Å². The Morgan fingerprint density at radius 3 is 2.30 bits per heavy atom. The Balaban J connectivity index is -0.000000320. The minimum absolute atomic E-state index is 0. The fraction of sp³-hybridized carbons (Fsp3) is 1.00. The van der Waals surface area contributed by atoms with Crippen molar-refractivity contribution in [2.45, 2.75) is 13.8 Å². The smallest absolute Gasteiger partial charge is 1.00 e. The molecule has 1 N–H and O–H groups in total. The first-order valence-electron chi connectivity index (χ1n) is 2.62. The molecule has 0 aliphatic carbocycles. The molecule has 0 bridgehead atoms. The van der Waals surface area contributed by atoms with Crippen LogP contribution in [0.1, 0.15) is 15.3 Å². The van der Waals surface area contributed by atoms with Crippen LogP contribution in [0.3, 0.4) is 0 Å². The van der Waals surface area contributed by atoms with E-state index >= 15 is 0 Å². The van der Waals surface area contributed by atoms with E-state index in [1.807, 2.05) is 13.8 Å². The third-order valence-corrected chi connectivity index (χ3v) is 1.72. The summed E-state index contributed by atoms with van der Waals surface area (Å²) in [6, 6.07) is 0. The molecule has 0 aromatic heterocycles. The average molecular weight is 210 g/mol. The van der Waals surface area contributed by atoms with Crippen molar-refractivity contribution in [1.29, 1.82) is 0 Å². The SMILES string of the molecule is CC(C)COP(O)(=S)S.[H-].[Na+]. The molecule has 6 heteroatoms. The maximum Gasteiger partial charge on any atom is 1.00 e. The van der Waals surface area contributed by atoms with E-state index in [1.165, 1.54) is 0 Å². The summed E-state index contributed by atoms with van der Waals surface area (Å²) in [6.45, 7) is 4.45. The van der Waals surface area contributed by atoms with Crippen molar-refractivity contribution >= 4 is 29.7 Å². The van der Waals surface area contributed by atoms with E-state index in [9.17, 15) is 0 Å². The summed E-state index contributed by atoms with van der Waals surface area (Å²) >= 11 is 8.20. The minimum Gasteiger partial charge on any atom is -1.00 e. The Morgan fingerprint density at radius 1 is 1.80 bits per heavy atom. The van der Waals surface area contributed by atoms with Crippen LogP contribution in [-0.2, 0) is 16.3 Å². The summed E-state index contributed by atoms with van der Waals surface area (Å²) in [6.07, 6.45) is 0. The molecule has 58 valence electrons. The Morgan fingerprint density at radius 2 is 2.20 bits per heavy atom. The molecule has 1 atom stereocenters. The predicted molar refractivity (Wildman–Crippen MR) is 47.4 cm³/mol. The van der Waals surface area contributed by atoms with Crippen LogP contribution in [0.25, 0.3) is 0 Å². The second-order valence-corrected chi connectivity index (χ2v) is 7.34. The van der Waals surface area contributed by atoms with Gasteiger partial charge in [0.1, 0.15) is 0 Å². The molecule has 0 aliphatic heterocycles. The zero-order chi connectivity index (χ0) is 7.49. The quantitative estimate of drug-likeness (QED) is 0.353. The molecule has 1 unspecified atom stereocenters. The van der Waals surface area contributed by atoms with Crippen molar-refractivity contribution in [3.8, 4) is 0 Å². The normalized spacial score (nSPS) is 16.1. The molecule has 0 spiro atoms. The van der Waals surface area contributed by atoms with Crippen LogP contribution in [0.2, 0.25) is 0 Å². The van der Waals surface area contributed by atoms with Crippen molar-refractivity contribution in [3.63, 3.8) is 0 Å². The molecule has 10 heavy (non-hydrogen) atoms. The zero-order valence-electron chi connectivity index (χ0n) is 7.44. The van der Waals surface area contributed by atoms with Crippen LogP contribution in [0.4, 0.5) is 0 Å². The van der Waals surface area contributed by atoms with E-state index < -0.39 is 5.69 Å². The van der Waals surface area contributed by atoms with Gasteiger partial charge in [0.15, 0.2) is 0 Å². The van der Waals surface area contributed by atoms with Crippen molar-refractivity contribution in [1.82, 2.24) is 0 Å². The predicted octanol–water partition coefficient (Wildman–Crippen LogP) is -1.08. The molecule has 0 rings (SSSR count). The summed E-state index contributed by atoms with van der Waals surface area (Å²) in [4.78, 5) is 8.83. The molecule has 0 amide bonds. The average Bonchev–Trinajstić information content (AvgIpc) is 1.59. The molecule has 0 fully saturated rings. The van der Waals surface area contributed by atoms with Crippen molar-refractivity contribution in [2.75, 3.05) is 6.61 Å². The summed E-state index contributed by atoms with van der Waals surface area (Å²) < 4.78 is 4.84. The third kappa shape index (κ3) is 12.6. The molecule has 0 aromatic carbocycles. The van der Waals surface area contributed by atoms with Gasteiger partial charge in [-0.05, 0) is 17.7 Å². The van der Waals surface area contributed by atoms with Gasteiger partial charge in [-0.15, -0.1) is 0 Å². The largest absolute Gasteiger partial charge is 1.00 e. The van der Waals surface area contributed by atoms with Crippen LogP contribution in [0.15, 0.2) is 0 Å². The first-order chi connectivity index (χ1) is 3.92. The molecule has 2 nitrogen and oxygen atoms in total. The van der Waals surface area contributed by atoms with E-state index in [0.29, 0.717) is 12.5 Å². The molecule has 0 saturated carbocycles. The van der Waals surface area contributed by atoms with Crippen LogP contribution in [0, 0.1) is 5.92 Å². The Kier molecular flexibility index (Phi) is 9.30. The Hall–Kier alpha value is 1.92. The van der Waals surface area contributed by atoms with Gasteiger partial charge in [0.25, 0.3) is 0 Å². The first-order valence-corrected chi connectivity index (χ1v) is 6.44. The van der Waals surface area contributed by atoms with Gasteiger partial charge in [-0.25, -0.2) is 0 Å². The summed E-state index contributed by atoms with van der Waals surface area (Å²) in [5, 5.41) is 0. The Labute approximate surface area is 95.8 Å². The van der Waals surface area contributed by atoms with E-state index in [2.05, 4.69) is 24.1 Å². The van der Waals surface area contributed by atoms with Gasteiger partial charge in [-0.1, -0.05) is 26.1 Å². The van der Waals surface area contributed by atoms with Gasteiger partial charge in [0.05, 0.1) is 6.61 Å². The number of thiol groups is 1. The van der Waals surface area contributed by atoms with Crippen LogP contribution >= 0.6 is 17.9 Å². The van der Waals surface area contributed by atoms with Crippen LogP contribution in [0.5, 0.6) is 0 Å². The molecule has 0 saturated heterocycles. The van der Waals surface area contributed by atoms with E-state index in [4.69, 9.17) is 9.42 Å². The summed E-state index contributed by atoms with van der Waals surface area (Å²) in [5.74, 6) is 0.395. The topological polar surface area (TPSA) is 29.5 Å². The van der Waals surface area contributed by atoms with E-state index in [-0.39, 0.29) is 31.0 Å². The third-order valence-electron chi connectivity index (χ3n) is 0.576. The molecular formula is C4H12NaO2PS2. The number of rotatable bonds is 3. The van der Waals surface area contributed by atoms with Gasteiger partial charge in [0.2, 0.25) is 5.69 Å². The second kappa shape index (κ2) is 6.44. The first kappa shape index (κ1) is 14.4. The maximum absolute atomic E-state index is 8.83. The molecular weight excluding hydrogens is 198 g/mol. The Bertz CT molecular complexity index is 129. The number of hydrogen-bond acceptors (Lipinski definition) is 2. The molecule has 0 radical (unpaired) electrons. The van der Waals surface area contributed by atoms with Gasteiger partial charge in [-0.3, -0.25) is 0 Å². The monoisotopic (exact) mass is 210 g/mol. The standard InChI is InChI=1S/C4H11O2PS2.Na.H/c1-4(2)3-6-7(5,8)9;;/h4H,3H2,1-2H3,(H2,5,8,9);;/q;+1;-1. The fourth-order valence-electron chi connectivity index (χ4n) is 0.246. The zero-order valence-corrected chi connectivity index (χ0v) is 11.0. The van der Waals surface area contributed by atoms with E-state index in [1.54, 1.807) is 0 Å². The molecule has 0 aliphatic rings. The van der Waals surface area contributed by atoms with Crippen LogP contribution < -0.4 is 29.6 Å². The molecule has 0 heterocycles. The van der Waals surface area contributed by atoms with Gasteiger partial charge in [-0.2, -0.15) is 0 Å². The van der Waals surface area contributed by atoms with Crippen molar-refractivity contribution in [3.05, 3.63) is 0 Å². The minimum atomic E-state index is -2.69. The van der Waals surface area contributed by atoms with Crippen molar-refractivity contribution in [2.24, 2.45) is 5.92 Å². The summed E-state index contributed by atoms with van der Waals surface area (Å²) in [5.41, 5.74) is -2.69. The number of hydrogen-bond donors (Lipinski definition) is 2. The summed E-state index contributed by atoms with van der Waals surface area (Å²) in [7, 11) is 0. The molecule has 0 aromatic rings. The van der Waals surface area contributed by atoms with Gasteiger partial charge in [0, 0.05) is 0 Å². The maximum atomic E-state index is 8.83. The fourth-order valence-corrected chi connectivity index (χ4v) is 1.12. The van der Waals surface area contributed by atoms with Gasteiger partial charge >= 0.3 is 29.6 Å². The van der Waals surface area contributed by atoms with Gasteiger partial charge < -0.3 is 10.8 Å². The van der Waals surface area contributed by atoms with E-state index in [0.717, 1.165) is 0 Å².